The molecule has 2 heterocycles. The predicted octanol–water partition coefficient (Wildman–Crippen LogP) is 3.10. The predicted molar refractivity (Wildman–Crippen MR) is 85.6 cm³/mol. The topological polar surface area (TPSA) is 56.3 Å². The number of benzene rings is 1. The molecule has 1 aromatic heterocycles. The van der Waals surface area contributed by atoms with Crippen LogP contribution in [0.15, 0.2) is 48.7 Å². The number of aromatic amines is 1. The Kier molecular flexibility index (Phi) is 4.59. The van der Waals surface area contributed by atoms with Crippen molar-refractivity contribution in [1.82, 2.24) is 9.88 Å². The largest absolute Gasteiger partial charge is 0.480 e. The van der Waals surface area contributed by atoms with E-state index < -0.39 is 12.0 Å². The molecule has 0 bridgehead atoms. The van der Waals surface area contributed by atoms with Crippen molar-refractivity contribution in [3.8, 4) is 0 Å². The van der Waals surface area contributed by atoms with Crippen molar-refractivity contribution in [2.45, 2.75) is 25.3 Å². The number of piperidine rings is 1. The van der Waals surface area contributed by atoms with Crippen LogP contribution in [0.3, 0.4) is 0 Å². The molecule has 1 fully saturated rings. The maximum Gasteiger partial charge on any atom is 0.327 e. The minimum Gasteiger partial charge on any atom is -0.480 e. The molecule has 116 valence electrons. The minimum absolute atomic E-state index is 0.548. The van der Waals surface area contributed by atoms with E-state index in [0.29, 0.717) is 5.92 Å². The average molecular weight is 298 g/mol. The summed E-state index contributed by atoms with van der Waals surface area (Å²) in [6.45, 7) is 1.68. The average Bonchev–Trinajstić information content (AvgIpc) is 3.04. The lowest BCUT2D eigenvalue weighted by Crippen LogP contribution is -2.40. The van der Waals surface area contributed by atoms with Gasteiger partial charge in [-0.25, -0.2) is 0 Å². The molecule has 1 saturated heterocycles. The zero-order valence-corrected chi connectivity index (χ0v) is 12.6. The number of likely N-dealkylation sites (tertiary alicyclic amines) is 1. The molecule has 2 aromatic rings. The monoisotopic (exact) mass is 298 g/mol. The zero-order valence-electron chi connectivity index (χ0n) is 12.6. The van der Waals surface area contributed by atoms with Crippen LogP contribution in [0.1, 0.15) is 30.1 Å². The van der Waals surface area contributed by atoms with Crippen LogP contribution >= 0.6 is 0 Å². The van der Waals surface area contributed by atoms with Crippen molar-refractivity contribution >= 4 is 5.97 Å². The van der Waals surface area contributed by atoms with Gasteiger partial charge in [-0.3, -0.25) is 9.69 Å². The molecule has 0 radical (unpaired) electrons. The second kappa shape index (κ2) is 6.79. The quantitative estimate of drug-likeness (QED) is 0.892. The number of nitrogens with zero attached hydrogens (tertiary/aromatic N) is 1. The zero-order chi connectivity index (χ0) is 15.4. The molecule has 4 nitrogen and oxygen atoms in total. The van der Waals surface area contributed by atoms with E-state index >= 15 is 0 Å². The first kappa shape index (κ1) is 14.9. The first-order valence-corrected chi connectivity index (χ1v) is 7.88. The smallest absolute Gasteiger partial charge is 0.327 e. The summed E-state index contributed by atoms with van der Waals surface area (Å²) in [5, 5.41) is 9.54. The van der Waals surface area contributed by atoms with Crippen LogP contribution in [0, 0.1) is 5.92 Å². The number of aromatic nitrogens is 1. The SMILES string of the molecule is O=C(O)C(c1ccc[nH]1)N1CCC(Cc2ccccc2)CC1. The first-order valence-electron chi connectivity index (χ1n) is 7.88. The molecule has 22 heavy (non-hydrogen) atoms. The van der Waals surface area contributed by atoms with Crippen molar-refractivity contribution in [2.75, 3.05) is 13.1 Å². The summed E-state index contributed by atoms with van der Waals surface area (Å²) in [7, 11) is 0. The van der Waals surface area contributed by atoms with Crippen LogP contribution in [0.25, 0.3) is 0 Å². The van der Waals surface area contributed by atoms with Gasteiger partial charge in [-0.15, -0.1) is 0 Å². The van der Waals surface area contributed by atoms with Gasteiger partial charge in [0.2, 0.25) is 0 Å². The maximum absolute atomic E-state index is 11.6. The van der Waals surface area contributed by atoms with Crippen LogP contribution in [-0.2, 0) is 11.2 Å². The van der Waals surface area contributed by atoms with Crippen molar-refractivity contribution in [3.05, 3.63) is 59.9 Å². The molecule has 0 amide bonds. The van der Waals surface area contributed by atoms with E-state index in [9.17, 15) is 9.90 Å². The van der Waals surface area contributed by atoms with Gasteiger partial charge in [0.15, 0.2) is 0 Å². The summed E-state index contributed by atoms with van der Waals surface area (Å²) in [4.78, 5) is 16.7. The summed E-state index contributed by atoms with van der Waals surface area (Å²) in [6, 6.07) is 13.7. The summed E-state index contributed by atoms with van der Waals surface area (Å²) >= 11 is 0. The van der Waals surface area contributed by atoms with Gasteiger partial charge in [-0.1, -0.05) is 30.3 Å². The number of nitrogens with one attached hydrogen (secondary N) is 1. The summed E-state index contributed by atoms with van der Waals surface area (Å²) in [6.07, 6.45) is 4.99. The van der Waals surface area contributed by atoms with Crippen LogP contribution in [0.4, 0.5) is 0 Å². The fourth-order valence-electron chi connectivity index (χ4n) is 3.36. The van der Waals surface area contributed by atoms with Gasteiger partial charge in [-0.2, -0.15) is 0 Å². The Morgan fingerprint density at radius 2 is 1.91 bits per heavy atom. The molecule has 4 heteroatoms. The molecule has 0 aliphatic carbocycles. The number of hydrogen-bond acceptors (Lipinski definition) is 2. The van der Waals surface area contributed by atoms with E-state index in [0.717, 1.165) is 38.0 Å². The second-order valence-electron chi connectivity index (χ2n) is 6.04. The molecule has 3 rings (SSSR count). The van der Waals surface area contributed by atoms with Crippen LogP contribution in [0.5, 0.6) is 0 Å². The highest BCUT2D eigenvalue weighted by Crippen LogP contribution is 2.28. The number of carbonyl (C=O) groups is 1. The third kappa shape index (κ3) is 3.39. The lowest BCUT2D eigenvalue weighted by atomic mass is 9.89. The number of rotatable bonds is 5. The van der Waals surface area contributed by atoms with Gasteiger partial charge in [0.25, 0.3) is 0 Å². The molecular formula is C18H22N2O2. The van der Waals surface area contributed by atoms with Crippen LogP contribution in [0.2, 0.25) is 0 Å². The van der Waals surface area contributed by atoms with E-state index in [4.69, 9.17) is 0 Å². The van der Waals surface area contributed by atoms with Crippen molar-refractivity contribution in [1.29, 1.82) is 0 Å². The van der Waals surface area contributed by atoms with Gasteiger partial charge >= 0.3 is 5.97 Å². The Bertz CT molecular complexity index is 587. The normalized spacial score (nSPS) is 18.2. The molecular weight excluding hydrogens is 276 g/mol. The Hall–Kier alpha value is -2.07. The molecule has 1 aromatic carbocycles. The summed E-state index contributed by atoms with van der Waals surface area (Å²) in [5.74, 6) is -0.124. The van der Waals surface area contributed by atoms with E-state index in [-0.39, 0.29) is 0 Å². The molecule has 1 aliphatic heterocycles. The molecule has 0 saturated carbocycles. The molecule has 2 N–H and O–H groups in total. The lowest BCUT2D eigenvalue weighted by molar-refractivity contribution is -0.144. The Balaban J connectivity index is 1.60. The molecule has 0 spiro atoms. The van der Waals surface area contributed by atoms with Gasteiger partial charge in [-0.05, 0) is 56.0 Å². The second-order valence-corrected chi connectivity index (χ2v) is 6.04. The Morgan fingerprint density at radius 3 is 2.50 bits per heavy atom. The first-order chi connectivity index (χ1) is 10.7. The summed E-state index contributed by atoms with van der Waals surface area (Å²) < 4.78 is 0. The number of carboxylic acids is 1. The van der Waals surface area contributed by atoms with Crippen LogP contribution in [-0.4, -0.2) is 34.0 Å². The molecule has 1 aliphatic rings. The van der Waals surface area contributed by atoms with E-state index in [1.807, 2.05) is 18.2 Å². The van der Waals surface area contributed by atoms with Gasteiger partial charge in [0.1, 0.15) is 6.04 Å². The summed E-state index contributed by atoms with van der Waals surface area (Å²) in [5.41, 5.74) is 2.15. The highest BCUT2D eigenvalue weighted by atomic mass is 16.4. The maximum atomic E-state index is 11.6. The number of carboxylic acid groups (broad SMARTS) is 1. The Labute approximate surface area is 130 Å². The highest BCUT2D eigenvalue weighted by Gasteiger charge is 2.31. The van der Waals surface area contributed by atoms with Gasteiger partial charge < -0.3 is 10.1 Å². The Morgan fingerprint density at radius 1 is 1.18 bits per heavy atom. The third-order valence-electron chi connectivity index (χ3n) is 4.53. The number of aliphatic carboxylic acids is 1. The highest BCUT2D eigenvalue weighted by molar-refractivity contribution is 5.75. The van der Waals surface area contributed by atoms with E-state index in [1.165, 1.54) is 5.56 Å². The standard InChI is InChI=1S/C18H22N2O2/c21-18(22)17(16-7-4-10-19-16)20-11-8-15(9-12-20)13-14-5-2-1-3-6-14/h1-7,10,15,17,19H,8-9,11-13H2,(H,21,22). The molecule has 1 unspecified atom stereocenters. The van der Waals surface area contributed by atoms with Crippen LogP contribution < -0.4 is 0 Å². The van der Waals surface area contributed by atoms with Gasteiger partial charge in [0.05, 0.1) is 0 Å². The van der Waals surface area contributed by atoms with E-state index in [1.54, 1.807) is 6.20 Å². The van der Waals surface area contributed by atoms with Crippen molar-refractivity contribution in [2.24, 2.45) is 5.92 Å². The van der Waals surface area contributed by atoms with E-state index in [2.05, 4.69) is 34.1 Å². The third-order valence-corrected chi connectivity index (χ3v) is 4.53. The fourth-order valence-corrected chi connectivity index (χ4v) is 3.36. The minimum atomic E-state index is -0.774. The number of H-pyrrole nitrogens is 1. The van der Waals surface area contributed by atoms with Crippen molar-refractivity contribution in [3.63, 3.8) is 0 Å². The molecule has 1 atom stereocenters. The van der Waals surface area contributed by atoms with Gasteiger partial charge in [0, 0.05) is 11.9 Å². The fraction of sp³-hybridized carbons (Fsp3) is 0.389. The number of hydrogen-bond donors (Lipinski definition) is 2. The van der Waals surface area contributed by atoms with Crippen molar-refractivity contribution < 1.29 is 9.90 Å². The lowest BCUT2D eigenvalue weighted by Gasteiger charge is -2.35.